The van der Waals surface area contributed by atoms with Gasteiger partial charge < -0.3 is 21.1 Å². The molecule has 0 aliphatic carbocycles. The van der Waals surface area contributed by atoms with Gasteiger partial charge in [0.25, 0.3) is 0 Å². The lowest BCUT2D eigenvalue weighted by atomic mass is 10.4. The average Bonchev–Trinajstić information content (AvgIpc) is 2.55. The number of nitrogens with two attached hydrogens (primary N) is 2. The molecule has 23 heavy (non-hydrogen) atoms. The summed E-state index contributed by atoms with van der Waals surface area (Å²) in [6.07, 6.45) is 0. The molecule has 0 unspecified atom stereocenters. The maximum Gasteiger partial charge on any atom is 0.224 e. The quantitative estimate of drug-likeness (QED) is 0.821. The normalized spacial score (nSPS) is 15.6. The molecular weight excluding hydrogens is 318 g/mol. The number of benzene rings is 1. The zero-order chi connectivity index (χ0) is 16.4. The van der Waals surface area contributed by atoms with Gasteiger partial charge in [-0.1, -0.05) is 18.2 Å². The second-order valence-electron chi connectivity index (χ2n) is 5.04. The average molecular weight is 335 g/mol. The first-order chi connectivity index (χ1) is 11.0. The van der Waals surface area contributed by atoms with Crippen LogP contribution >= 0.6 is 0 Å². The van der Waals surface area contributed by atoms with E-state index in [0.717, 1.165) is 0 Å². The smallest absolute Gasteiger partial charge is 0.224 e. The zero-order valence-corrected chi connectivity index (χ0v) is 13.2. The molecule has 0 atom stereocenters. The third-order valence-electron chi connectivity index (χ3n) is 3.52. The molecule has 2 aromatic rings. The van der Waals surface area contributed by atoms with E-state index in [-0.39, 0.29) is 27.4 Å². The molecule has 0 amide bonds. The molecule has 122 valence electrons. The zero-order valence-electron chi connectivity index (χ0n) is 12.3. The SMILES string of the molecule is Nc1nc(N)c(S(=O)(=O)c2ccccc2)c(N2CCOCC2)n1. The number of ether oxygens (including phenoxy) is 1. The fourth-order valence-electron chi connectivity index (χ4n) is 2.44. The molecule has 1 aromatic carbocycles. The Morgan fingerprint density at radius 1 is 1.04 bits per heavy atom. The van der Waals surface area contributed by atoms with Gasteiger partial charge in [-0.3, -0.25) is 0 Å². The Kier molecular flexibility index (Phi) is 4.05. The highest BCUT2D eigenvalue weighted by atomic mass is 32.2. The second kappa shape index (κ2) is 6.01. The number of nitrogens with zero attached hydrogens (tertiary/aromatic N) is 3. The minimum Gasteiger partial charge on any atom is -0.382 e. The van der Waals surface area contributed by atoms with Crippen LogP contribution in [0.1, 0.15) is 0 Å². The molecule has 8 nitrogen and oxygen atoms in total. The Morgan fingerprint density at radius 2 is 1.70 bits per heavy atom. The second-order valence-corrected chi connectivity index (χ2v) is 6.92. The lowest BCUT2D eigenvalue weighted by molar-refractivity contribution is 0.122. The number of anilines is 3. The number of nitrogen functional groups attached to an aromatic ring is 2. The molecule has 0 saturated carbocycles. The van der Waals surface area contributed by atoms with Crippen LogP contribution in [0.25, 0.3) is 0 Å². The van der Waals surface area contributed by atoms with Crippen molar-refractivity contribution in [1.82, 2.24) is 9.97 Å². The Labute approximate surface area is 134 Å². The van der Waals surface area contributed by atoms with Gasteiger partial charge in [-0.15, -0.1) is 0 Å². The Hall–Kier alpha value is -2.39. The molecule has 1 fully saturated rings. The van der Waals surface area contributed by atoms with E-state index in [9.17, 15) is 8.42 Å². The Morgan fingerprint density at radius 3 is 2.35 bits per heavy atom. The van der Waals surface area contributed by atoms with Crippen molar-refractivity contribution in [3.63, 3.8) is 0 Å². The number of aromatic nitrogens is 2. The summed E-state index contributed by atoms with van der Waals surface area (Å²) in [7, 11) is -3.85. The topological polar surface area (TPSA) is 124 Å². The van der Waals surface area contributed by atoms with Gasteiger partial charge in [-0.05, 0) is 12.1 Å². The van der Waals surface area contributed by atoms with Crippen molar-refractivity contribution in [1.29, 1.82) is 0 Å². The summed E-state index contributed by atoms with van der Waals surface area (Å²) >= 11 is 0. The van der Waals surface area contributed by atoms with E-state index in [4.69, 9.17) is 16.2 Å². The van der Waals surface area contributed by atoms with E-state index >= 15 is 0 Å². The van der Waals surface area contributed by atoms with Crippen LogP contribution in [0.15, 0.2) is 40.1 Å². The predicted molar refractivity (Wildman–Crippen MR) is 85.8 cm³/mol. The Bertz CT molecular complexity index is 805. The van der Waals surface area contributed by atoms with Crippen molar-refractivity contribution in [3.05, 3.63) is 30.3 Å². The van der Waals surface area contributed by atoms with E-state index in [1.54, 1.807) is 23.1 Å². The maximum atomic E-state index is 13.0. The van der Waals surface area contributed by atoms with Crippen molar-refractivity contribution in [2.45, 2.75) is 9.79 Å². The van der Waals surface area contributed by atoms with Crippen LogP contribution in [0.2, 0.25) is 0 Å². The summed E-state index contributed by atoms with van der Waals surface area (Å²) in [5.74, 6) is 0.0148. The predicted octanol–water partition coefficient (Wildman–Crippen LogP) is 0.310. The fourth-order valence-corrected chi connectivity index (χ4v) is 3.93. The molecule has 0 spiro atoms. The van der Waals surface area contributed by atoms with Crippen LogP contribution in [-0.4, -0.2) is 44.7 Å². The van der Waals surface area contributed by atoms with E-state index in [2.05, 4.69) is 9.97 Å². The molecule has 1 aliphatic heterocycles. The first kappa shape index (κ1) is 15.5. The van der Waals surface area contributed by atoms with Gasteiger partial charge in [-0.25, -0.2) is 8.42 Å². The van der Waals surface area contributed by atoms with Crippen molar-refractivity contribution >= 4 is 27.4 Å². The number of hydrogen-bond donors (Lipinski definition) is 2. The fraction of sp³-hybridized carbons (Fsp3) is 0.286. The first-order valence-corrected chi connectivity index (χ1v) is 8.54. The summed E-state index contributed by atoms with van der Waals surface area (Å²) in [6, 6.07) is 8.05. The van der Waals surface area contributed by atoms with Crippen LogP contribution in [0.5, 0.6) is 0 Å². The summed E-state index contributed by atoms with van der Waals surface area (Å²) < 4.78 is 31.2. The third kappa shape index (κ3) is 2.92. The van der Waals surface area contributed by atoms with Crippen LogP contribution in [0, 0.1) is 0 Å². The molecule has 1 aromatic heterocycles. The maximum absolute atomic E-state index is 13.0. The number of morpholine rings is 1. The van der Waals surface area contributed by atoms with E-state index in [1.165, 1.54) is 12.1 Å². The van der Waals surface area contributed by atoms with Crippen LogP contribution in [-0.2, 0) is 14.6 Å². The highest BCUT2D eigenvalue weighted by molar-refractivity contribution is 7.91. The summed E-state index contributed by atoms with van der Waals surface area (Å²) in [5, 5.41) is 0. The minimum atomic E-state index is -3.85. The molecule has 4 N–H and O–H groups in total. The van der Waals surface area contributed by atoms with Gasteiger partial charge >= 0.3 is 0 Å². The minimum absolute atomic E-state index is 0.0593. The van der Waals surface area contributed by atoms with Gasteiger partial charge in [0.15, 0.2) is 16.5 Å². The molecule has 1 aliphatic rings. The van der Waals surface area contributed by atoms with Gasteiger partial charge in [-0.2, -0.15) is 9.97 Å². The standard InChI is InChI=1S/C14H17N5O3S/c15-12-11(23(20,21)10-4-2-1-3-5-10)13(18-14(16)17-12)19-6-8-22-9-7-19/h1-5H,6-9H2,(H4,15,16,17,18). The van der Waals surface area contributed by atoms with Gasteiger partial charge in [0.2, 0.25) is 15.8 Å². The number of rotatable bonds is 3. The lowest BCUT2D eigenvalue weighted by Crippen LogP contribution is -2.38. The van der Waals surface area contributed by atoms with Crippen LogP contribution in [0.4, 0.5) is 17.6 Å². The van der Waals surface area contributed by atoms with Crippen molar-refractivity contribution in [3.8, 4) is 0 Å². The van der Waals surface area contributed by atoms with E-state index in [0.29, 0.717) is 26.3 Å². The molecular formula is C14H17N5O3S. The molecule has 0 radical (unpaired) electrons. The molecule has 0 bridgehead atoms. The highest BCUT2D eigenvalue weighted by Gasteiger charge is 2.30. The monoisotopic (exact) mass is 335 g/mol. The number of hydrogen-bond acceptors (Lipinski definition) is 8. The van der Waals surface area contributed by atoms with Gasteiger partial charge in [0, 0.05) is 13.1 Å². The van der Waals surface area contributed by atoms with E-state index in [1.807, 2.05) is 0 Å². The lowest BCUT2D eigenvalue weighted by Gasteiger charge is -2.29. The molecule has 2 heterocycles. The summed E-state index contributed by atoms with van der Waals surface area (Å²) in [5.41, 5.74) is 11.5. The third-order valence-corrected chi connectivity index (χ3v) is 5.35. The van der Waals surface area contributed by atoms with Gasteiger partial charge in [0.1, 0.15) is 0 Å². The highest BCUT2D eigenvalue weighted by Crippen LogP contribution is 2.33. The molecule has 9 heteroatoms. The van der Waals surface area contributed by atoms with Crippen molar-refractivity contribution in [2.75, 3.05) is 42.7 Å². The van der Waals surface area contributed by atoms with E-state index < -0.39 is 9.84 Å². The summed E-state index contributed by atoms with van der Waals surface area (Å²) in [4.78, 5) is 9.78. The van der Waals surface area contributed by atoms with Crippen molar-refractivity contribution < 1.29 is 13.2 Å². The van der Waals surface area contributed by atoms with Gasteiger partial charge in [0.05, 0.1) is 18.1 Å². The molecule has 1 saturated heterocycles. The number of sulfone groups is 1. The Balaban J connectivity index is 2.18. The molecule has 3 rings (SSSR count). The van der Waals surface area contributed by atoms with Crippen LogP contribution in [0.3, 0.4) is 0 Å². The first-order valence-electron chi connectivity index (χ1n) is 7.06. The largest absolute Gasteiger partial charge is 0.382 e. The van der Waals surface area contributed by atoms with Crippen LogP contribution < -0.4 is 16.4 Å². The summed E-state index contributed by atoms with van der Waals surface area (Å²) in [6.45, 7) is 1.98. The van der Waals surface area contributed by atoms with Crippen molar-refractivity contribution in [2.24, 2.45) is 0 Å².